The van der Waals surface area contributed by atoms with Crippen molar-refractivity contribution in [1.29, 1.82) is 0 Å². The summed E-state index contributed by atoms with van der Waals surface area (Å²) >= 11 is 0. The van der Waals surface area contributed by atoms with Gasteiger partial charge in [-0.2, -0.15) is 0 Å². The summed E-state index contributed by atoms with van der Waals surface area (Å²) in [5, 5.41) is 13.8. The maximum Gasteiger partial charge on any atom is 0.233 e. The average Bonchev–Trinajstić information content (AvgIpc) is 3.61. The second-order valence-electron chi connectivity index (χ2n) is 9.09. The van der Waals surface area contributed by atoms with Crippen LogP contribution in [-0.2, 0) is 21.3 Å². The summed E-state index contributed by atoms with van der Waals surface area (Å²) < 4.78 is 34.2. The van der Waals surface area contributed by atoms with E-state index in [-0.39, 0.29) is 37.2 Å². The number of nitrogens with one attached hydrogen (secondary N) is 2. The molecule has 0 radical (unpaired) electrons. The van der Waals surface area contributed by atoms with Gasteiger partial charge in [-0.3, -0.25) is 4.57 Å². The first-order valence-corrected chi connectivity index (χ1v) is 14.3. The Labute approximate surface area is 228 Å². The fourth-order valence-electron chi connectivity index (χ4n) is 4.37. The zero-order chi connectivity index (χ0) is 27.7. The number of aromatic nitrogens is 4. The molecule has 3 atom stereocenters. The van der Waals surface area contributed by atoms with E-state index >= 15 is 0 Å². The molecule has 206 valence electrons. The van der Waals surface area contributed by atoms with E-state index in [1.54, 1.807) is 12.4 Å². The van der Waals surface area contributed by atoms with Crippen LogP contribution in [0.1, 0.15) is 42.8 Å². The molecule has 1 fully saturated rings. The molecule has 4 rings (SSSR count). The number of aliphatic hydroxyl groups is 1. The van der Waals surface area contributed by atoms with E-state index in [1.165, 1.54) is 5.56 Å². The van der Waals surface area contributed by atoms with E-state index in [0.29, 0.717) is 29.9 Å². The first-order valence-electron chi connectivity index (χ1n) is 12.8. The van der Waals surface area contributed by atoms with E-state index in [2.05, 4.69) is 56.4 Å². The molecule has 0 aliphatic carbocycles. The lowest BCUT2D eigenvalue weighted by molar-refractivity contribution is -0.0207. The van der Waals surface area contributed by atoms with Crippen LogP contribution in [0.3, 0.4) is 0 Å². The maximum atomic E-state index is 12.0. The van der Waals surface area contributed by atoms with Crippen LogP contribution >= 0.6 is 0 Å². The zero-order valence-electron chi connectivity index (χ0n) is 21.7. The van der Waals surface area contributed by atoms with Gasteiger partial charge in [0.05, 0.1) is 25.6 Å². The summed E-state index contributed by atoms with van der Waals surface area (Å²) in [7, 11) is -3.67. The molecule has 3 aromatic rings. The van der Waals surface area contributed by atoms with Crippen molar-refractivity contribution in [3.05, 3.63) is 97.0 Å². The molecular formula is C28H34N6O4S. The molecule has 1 aliphatic rings. The molecule has 0 spiro atoms. The van der Waals surface area contributed by atoms with Gasteiger partial charge in [-0.1, -0.05) is 73.9 Å². The summed E-state index contributed by atoms with van der Waals surface area (Å²) in [4.78, 5) is 13.8. The number of hydrogen-bond acceptors (Lipinski definition) is 8. The highest BCUT2D eigenvalue weighted by Crippen LogP contribution is 2.32. The van der Waals surface area contributed by atoms with Gasteiger partial charge in [0.25, 0.3) is 0 Å². The molecule has 3 N–H and O–H groups in total. The summed E-state index contributed by atoms with van der Waals surface area (Å²) in [6, 6.07) is 10.2. The van der Waals surface area contributed by atoms with E-state index < -0.39 is 10.0 Å². The molecule has 3 heterocycles. The molecule has 3 unspecified atom stereocenters. The number of ether oxygens (including phenoxy) is 1. The minimum Gasteiger partial charge on any atom is -0.394 e. The van der Waals surface area contributed by atoms with Crippen LogP contribution in [0.5, 0.6) is 0 Å². The van der Waals surface area contributed by atoms with Crippen LogP contribution in [0.4, 0.5) is 5.82 Å². The van der Waals surface area contributed by atoms with E-state index in [0.717, 1.165) is 18.2 Å². The van der Waals surface area contributed by atoms with Crippen molar-refractivity contribution in [3.8, 4) is 0 Å². The number of fused-ring (bicyclic) bond motifs is 1. The lowest BCUT2D eigenvalue weighted by Gasteiger charge is -2.18. The largest absolute Gasteiger partial charge is 0.394 e. The first-order chi connectivity index (χ1) is 18.9. The molecule has 10 nitrogen and oxygen atoms in total. The summed E-state index contributed by atoms with van der Waals surface area (Å²) in [5.41, 5.74) is 2.25. The molecule has 11 heteroatoms. The van der Waals surface area contributed by atoms with Gasteiger partial charge in [-0.25, -0.2) is 28.1 Å². The summed E-state index contributed by atoms with van der Waals surface area (Å²) in [6.45, 7) is 7.41. The fourth-order valence-corrected chi connectivity index (χ4v) is 4.82. The minimum atomic E-state index is -3.67. The third kappa shape index (κ3) is 7.48. The number of imidazole rings is 1. The smallest absolute Gasteiger partial charge is 0.233 e. The third-order valence-corrected chi connectivity index (χ3v) is 7.41. The predicted octanol–water partition coefficient (Wildman–Crippen LogP) is 3.94. The van der Waals surface area contributed by atoms with Crippen molar-refractivity contribution in [2.75, 3.05) is 18.5 Å². The van der Waals surface area contributed by atoms with Crippen molar-refractivity contribution in [3.63, 3.8) is 0 Å². The monoisotopic (exact) mass is 550 g/mol. The van der Waals surface area contributed by atoms with Crippen LogP contribution in [0.25, 0.3) is 11.2 Å². The Hall–Kier alpha value is -3.64. The van der Waals surface area contributed by atoms with Gasteiger partial charge >= 0.3 is 0 Å². The number of allylic oxidation sites excluding steroid dienone is 5. The van der Waals surface area contributed by atoms with Crippen LogP contribution in [-0.4, -0.2) is 52.3 Å². The van der Waals surface area contributed by atoms with Crippen LogP contribution in [0.2, 0.25) is 0 Å². The van der Waals surface area contributed by atoms with Crippen molar-refractivity contribution < 1.29 is 18.3 Å². The number of anilines is 1. The Bertz CT molecular complexity index is 1440. The van der Waals surface area contributed by atoms with Crippen LogP contribution < -0.4 is 10.0 Å². The number of rotatable bonds is 14. The molecule has 39 heavy (non-hydrogen) atoms. The van der Waals surface area contributed by atoms with E-state index in [4.69, 9.17) is 4.74 Å². The average molecular weight is 551 g/mol. The number of hydrogen-bond donors (Lipinski definition) is 3. The topological polar surface area (TPSA) is 131 Å². The highest BCUT2D eigenvalue weighted by Gasteiger charge is 2.28. The van der Waals surface area contributed by atoms with Crippen molar-refractivity contribution in [2.24, 2.45) is 0 Å². The van der Waals surface area contributed by atoms with Gasteiger partial charge in [0.15, 0.2) is 17.0 Å². The van der Waals surface area contributed by atoms with Crippen LogP contribution in [0, 0.1) is 0 Å². The predicted molar refractivity (Wildman–Crippen MR) is 152 cm³/mol. The minimum absolute atomic E-state index is 0.0573. The van der Waals surface area contributed by atoms with Gasteiger partial charge in [0, 0.05) is 17.9 Å². The summed E-state index contributed by atoms with van der Waals surface area (Å²) in [5.74, 6) is 0.914. The van der Waals surface area contributed by atoms with Gasteiger partial charge in [0.2, 0.25) is 10.0 Å². The van der Waals surface area contributed by atoms with Gasteiger partial charge in [-0.15, -0.1) is 0 Å². The highest BCUT2D eigenvalue weighted by atomic mass is 32.2. The second kappa shape index (κ2) is 13.4. The molecule has 2 aromatic heterocycles. The highest BCUT2D eigenvalue weighted by molar-refractivity contribution is 7.92. The Morgan fingerprint density at radius 2 is 1.97 bits per heavy atom. The molecule has 0 amide bonds. The maximum absolute atomic E-state index is 12.0. The van der Waals surface area contributed by atoms with Crippen molar-refractivity contribution in [1.82, 2.24) is 24.2 Å². The molecular weight excluding hydrogens is 516 g/mol. The zero-order valence-corrected chi connectivity index (χ0v) is 22.5. The standard InChI is InChI=1S/C28H34N6O4S/c1-3-5-6-7-9-14-22(21-12-10-8-11-13-21)17-29-27-26-28(33-24(32-27)18-31-39(36,37)4-2)34(20-30-26)25-16-15-23(19-35)38-25/h3-13,20,22-23,25,31,35H,1-2,14-19H2,(H,29,32,33)/b6-5-,9-7-. The van der Waals surface area contributed by atoms with Crippen LogP contribution in [0.15, 0.2) is 85.6 Å². The van der Waals surface area contributed by atoms with Gasteiger partial charge < -0.3 is 15.2 Å². The molecule has 1 aromatic carbocycles. The van der Waals surface area contributed by atoms with E-state index in [9.17, 15) is 13.5 Å². The Morgan fingerprint density at radius 3 is 2.69 bits per heavy atom. The number of aliphatic hydroxyl groups excluding tert-OH is 1. The van der Waals surface area contributed by atoms with Crippen molar-refractivity contribution in [2.45, 2.75) is 44.1 Å². The molecule has 0 saturated carbocycles. The quantitative estimate of drug-likeness (QED) is 0.257. The fraction of sp³-hybridized carbons (Fsp3) is 0.321. The lowest BCUT2D eigenvalue weighted by atomic mass is 9.95. The normalized spacial score (nSPS) is 18.7. The molecule has 1 aliphatic heterocycles. The number of sulfonamides is 1. The Kier molecular flexibility index (Phi) is 9.77. The van der Waals surface area contributed by atoms with Crippen molar-refractivity contribution >= 4 is 27.0 Å². The van der Waals surface area contributed by atoms with Gasteiger partial charge in [0.1, 0.15) is 12.1 Å². The Morgan fingerprint density at radius 1 is 1.15 bits per heavy atom. The summed E-state index contributed by atoms with van der Waals surface area (Å²) in [6.07, 6.45) is 12.9. The lowest BCUT2D eigenvalue weighted by Crippen LogP contribution is -2.23. The Balaban J connectivity index is 1.64. The number of benzene rings is 1. The number of nitrogens with zero attached hydrogens (tertiary/aromatic N) is 4. The molecule has 0 bridgehead atoms. The van der Waals surface area contributed by atoms with Gasteiger partial charge in [-0.05, 0) is 24.8 Å². The first kappa shape index (κ1) is 28.4. The second-order valence-corrected chi connectivity index (χ2v) is 10.8. The SMILES string of the molecule is C=C/C=C\C=C/CC(CNc1nc(CNS(=O)(=O)C=C)nc2c1ncn2C1CCC(CO)O1)c1ccccc1. The molecule has 1 saturated heterocycles. The third-order valence-electron chi connectivity index (χ3n) is 6.42. The van der Waals surface area contributed by atoms with E-state index in [1.807, 2.05) is 41.0 Å².